The van der Waals surface area contributed by atoms with Crippen LogP contribution in [-0.2, 0) is 9.05 Å². The van der Waals surface area contributed by atoms with E-state index in [1.165, 1.54) is 12.1 Å². The SMILES string of the molecule is CC(NC(=O)c1cc(Br)cc(S(=O)(=O)Cl)c1Cl)C(C)(C)C. The summed E-state index contributed by atoms with van der Waals surface area (Å²) in [5, 5.41) is 2.61. The van der Waals surface area contributed by atoms with Gasteiger partial charge in [-0.25, -0.2) is 8.42 Å². The quantitative estimate of drug-likeness (QED) is 0.751. The van der Waals surface area contributed by atoms with Gasteiger partial charge < -0.3 is 5.32 Å². The molecule has 0 spiro atoms. The first kappa shape index (κ1) is 18.7. The Hall–Kier alpha value is -0.300. The van der Waals surface area contributed by atoms with Crippen molar-refractivity contribution in [3.05, 3.63) is 27.2 Å². The van der Waals surface area contributed by atoms with E-state index >= 15 is 0 Å². The van der Waals surface area contributed by atoms with Crippen molar-refractivity contribution in [2.24, 2.45) is 5.41 Å². The number of benzene rings is 1. The summed E-state index contributed by atoms with van der Waals surface area (Å²) in [5.41, 5.74) is -0.0865. The van der Waals surface area contributed by atoms with Crippen LogP contribution in [0.25, 0.3) is 0 Å². The first-order chi connectivity index (χ1) is 9.34. The fraction of sp³-hybridized carbons (Fsp3) is 0.462. The maximum atomic E-state index is 12.3. The second-order valence-corrected chi connectivity index (χ2v) is 9.59. The molecule has 1 aromatic rings. The monoisotopic (exact) mass is 415 g/mol. The summed E-state index contributed by atoms with van der Waals surface area (Å²) in [5.74, 6) is -0.453. The van der Waals surface area contributed by atoms with Gasteiger partial charge in [0.2, 0.25) is 0 Å². The van der Waals surface area contributed by atoms with Gasteiger partial charge in [0.1, 0.15) is 4.90 Å². The standard InChI is InChI=1S/C13H16BrCl2NO3S/c1-7(13(2,3)4)17-12(18)9-5-8(14)6-10(11(9)15)21(16,19)20/h5-7H,1-4H3,(H,17,18). The minimum atomic E-state index is -4.04. The van der Waals surface area contributed by atoms with Crippen LogP contribution in [0.3, 0.4) is 0 Å². The van der Waals surface area contributed by atoms with Gasteiger partial charge in [-0.2, -0.15) is 0 Å². The molecule has 1 unspecified atom stereocenters. The number of carbonyl (C=O) groups is 1. The molecule has 0 saturated heterocycles. The molecule has 1 aromatic carbocycles. The van der Waals surface area contributed by atoms with Gasteiger partial charge in [-0.1, -0.05) is 48.3 Å². The van der Waals surface area contributed by atoms with Crippen LogP contribution in [0, 0.1) is 5.41 Å². The molecule has 1 N–H and O–H groups in total. The summed E-state index contributed by atoms with van der Waals surface area (Å²) in [7, 11) is 1.29. The summed E-state index contributed by atoms with van der Waals surface area (Å²) in [6.45, 7) is 7.81. The molecule has 1 atom stereocenters. The van der Waals surface area contributed by atoms with Gasteiger partial charge in [-0.3, -0.25) is 4.79 Å². The zero-order valence-corrected chi connectivity index (χ0v) is 15.9. The molecule has 0 fully saturated rings. The van der Waals surface area contributed by atoms with Crippen LogP contribution < -0.4 is 5.32 Å². The molecular formula is C13H16BrCl2NO3S. The third kappa shape index (κ3) is 4.84. The Morgan fingerprint density at radius 3 is 2.29 bits per heavy atom. The smallest absolute Gasteiger partial charge is 0.262 e. The largest absolute Gasteiger partial charge is 0.349 e. The second kappa shape index (κ2) is 6.44. The zero-order valence-electron chi connectivity index (χ0n) is 12.0. The van der Waals surface area contributed by atoms with Gasteiger partial charge in [-0.05, 0) is 24.5 Å². The van der Waals surface area contributed by atoms with Gasteiger partial charge in [0.25, 0.3) is 15.0 Å². The van der Waals surface area contributed by atoms with Crippen molar-refractivity contribution in [2.75, 3.05) is 0 Å². The predicted octanol–water partition coefficient (Wildman–Crippen LogP) is 4.19. The van der Waals surface area contributed by atoms with Crippen LogP contribution in [-0.4, -0.2) is 20.4 Å². The highest BCUT2D eigenvalue weighted by molar-refractivity contribution is 9.10. The molecule has 0 heterocycles. The Labute approximate surface area is 142 Å². The van der Waals surface area contributed by atoms with Crippen LogP contribution in [0.5, 0.6) is 0 Å². The van der Waals surface area contributed by atoms with Crippen molar-refractivity contribution in [2.45, 2.75) is 38.6 Å². The van der Waals surface area contributed by atoms with Crippen molar-refractivity contribution in [3.63, 3.8) is 0 Å². The molecule has 0 aliphatic heterocycles. The highest BCUT2D eigenvalue weighted by Gasteiger charge is 2.26. The fourth-order valence-electron chi connectivity index (χ4n) is 1.40. The lowest BCUT2D eigenvalue weighted by molar-refractivity contribution is 0.0910. The normalized spacial score (nSPS) is 13.9. The highest BCUT2D eigenvalue weighted by atomic mass is 79.9. The zero-order chi connectivity index (χ0) is 16.6. The molecular weight excluding hydrogens is 401 g/mol. The van der Waals surface area contributed by atoms with E-state index < -0.39 is 15.0 Å². The first-order valence-corrected chi connectivity index (χ1v) is 9.56. The summed E-state index contributed by atoms with van der Waals surface area (Å²) < 4.78 is 23.4. The van der Waals surface area contributed by atoms with E-state index in [0.29, 0.717) is 4.47 Å². The van der Waals surface area contributed by atoms with Gasteiger partial charge in [0.05, 0.1) is 10.6 Å². The van der Waals surface area contributed by atoms with Gasteiger partial charge in [0.15, 0.2) is 0 Å². The maximum absolute atomic E-state index is 12.3. The number of hydrogen-bond acceptors (Lipinski definition) is 3. The number of carbonyl (C=O) groups excluding carboxylic acids is 1. The van der Waals surface area contributed by atoms with Gasteiger partial charge in [-0.15, -0.1) is 0 Å². The van der Waals surface area contributed by atoms with Gasteiger partial charge >= 0.3 is 0 Å². The summed E-state index contributed by atoms with van der Waals surface area (Å²) >= 11 is 9.16. The average molecular weight is 417 g/mol. The van der Waals surface area contributed by atoms with Crippen LogP contribution in [0.4, 0.5) is 0 Å². The Balaban J connectivity index is 3.26. The topological polar surface area (TPSA) is 63.2 Å². The third-order valence-corrected chi connectivity index (χ3v) is 5.48. The molecule has 1 rings (SSSR count). The average Bonchev–Trinajstić information content (AvgIpc) is 2.28. The minimum Gasteiger partial charge on any atom is -0.349 e. The van der Waals surface area contributed by atoms with Crippen LogP contribution in [0.15, 0.2) is 21.5 Å². The molecule has 0 bridgehead atoms. The number of amides is 1. The van der Waals surface area contributed by atoms with E-state index in [1.807, 2.05) is 27.7 Å². The first-order valence-electron chi connectivity index (χ1n) is 6.08. The molecule has 118 valence electrons. The van der Waals surface area contributed by atoms with Crippen LogP contribution in [0.1, 0.15) is 38.1 Å². The second-order valence-electron chi connectivity index (χ2n) is 5.76. The summed E-state index contributed by atoms with van der Waals surface area (Å²) in [6, 6.07) is 2.59. The Kier molecular flexibility index (Phi) is 5.75. The Morgan fingerprint density at radius 2 is 1.86 bits per heavy atom. The molecule has 21 heavy (non-hydrogen) atoms. The lowest BCUT2D eigenvalue weighted by Gasteiger charge is -2.28. The minimum absolute atomic E-state index is 0.0568. The lowest BCUT2D eigenvalue weighted by Crippen LogP contribution is -2.41. The van der Waals surface area contributed by atoms with Crippen molar-refractivity contribution in [1.29, 1.82) is 0 Å². The van der Waals surface area contributed by atoms with Crippen LogP contribution in [0.2, 0.25) is 5.02 Å². The van der Waals surface area contributed by atoms with Gasteiger partial charge in [0, 0.05) is 21.2 Å². The van der Waals surface area contributed by atoms with E-state index in [2.05, 4.69) is 21.2 Å². The van der Waals surface area contributed by atoms with E-state index in [4.69, 9.17) is 22.3 Å². The third-order valence-electron chi connectivity index (χ3n) is 3.16. The molecule has 0 aliphatic rings. The van der Waals surface area contributed by atoms with E-state index in [-0.39, 0.29) is 26.9 Å². The predicted molar refractivity (Wildman–Crippen MR) is 88.6 cm³/mol. The molecule has 0 saturated carbocycles. The number of hydrogen-bond donors (Lipinski definition) is 1. The van der Waals surface area contributed by atoms with Crippen molar-refractivity contribution < 1.29 is 13.2 Å². The van der Waals surface area contributed by atoms with Crippen molar-refractivity contribution in [1.82, 2.24) is 5.32 Å². The molecule has 8 heteroatoms. The Morgan fingerprint density at radius 1 is 1.33 bits per heavy atom. The summed E-state index contributed by atoms with van der Waals surface area (Å²) in [6.07, 6.45) is 0. The molecule has 0 radical (unpaired) electrons. The van der Waals surface area contributed by atoms with E-state index in [0.717, 1.165) is 0 Å². The number of rotatable bonds is 3. The van der Waals surface area contributed by atoms with Crippen LogP contribution >= 0.6 is 38.2 Å². The lowest BCUT2D eigenvalue weighted by atomic mass is 9.88. The fourth-order valence-corrected chi connectivity index (χ4v) is 3.58. The van der Waals surface area contributed by atoms with Crippen molar-refractivity contribution in [3.8, 4) is 0 Å². The molecule has 0 aromatic heterocycles. The van der Waals surface area contributed by atoms with E-state index in [1.54, 1.807) is 0 Å². The summed E-state index contributed by atoms with van der Waals surface area (Å²) in [4.78, 5) is 12.0. The Bertz CT molecular complexity index is 669. The van der Waals surface area contributed by atoms with E-state index in [9.17, 15) is 13.2 Å². The number of nitrogens with one attached hydrogen (secondary N) is 1. The highest BCUT2D eigenvalue weighted by Crippen LogP contribution is 2.32. The number of halogens is 3. The molecule has 1 amide bonds. The van der Waals surface area contributed by atoms with Crippen molar-refractivity contribution >= 4 is 53.2 Å². The molecule has 4 nitrogen and oxygen atoms in total. The molecule has 0 aliphatic carbocycles. The maximum Gasteiger partial charge on any atom is 0.262 e.